The summed E-state index contributed by atoms with van der Waals surface area (Å²) in [5, 5.41) is 1.83. The van der Waals surface area contributed by atoms with E-state index in [1.165, 1.54) is 18.3 Å². The van der Waals surface area contributed by atoms with E-state index in [0.717, 1.165) is 25.7 Å². The van der Waals surface area contributed by atoms with Crippen LogP contribution in [0.25, 0.3) is 0 Å². The first-order chi connectivity index (χ1) is 16.6. The average Bonchev–Trinajstić information content (AvgIpc) is 3.38. The molecule has 2 bridgehead atoms. The van der Waals surface area contributed by atoms with Crippen molar-refractivity contribution in [1.29, 1.82) is 0 Å². The second-order valence-corrected chi connectivity index (χ2v) is 12.2. The largest absolute Gasteiger partial charge is 0.465 e. The molecule has 0 saturated heterocycles. The maximum absolute atomic E-state index is 14.1. The van der Waals surface area contributed by atoms with E-state index in [1.807, 2.05) is 12.3 Å². The number of carbonyl (C=O) groups is 4. The molecule has 5 aliphatic carbocycles. The molecule has 6 atom stereocenters. The van der Waals surface area contributed by atoms with Gasteiger partial charge in [0.25, 0.3) is 0 Å². The van der Waals surface area contributed by atoms with Gasteiger partial charge in [0.15, 0.2) is 11.6 Å². The molecule has 1 aromatic heterocycles. The second-order valence-electron chi connectivity index (χ2n) is 11.2. The highest BCUT2D eigenvalue weighted by Gasteiger charge is 2.73. The van der Waals surface area contributed by atoms with E-state index in [4.69, 9.17) is 9.47 Å². The van der Waals surface area contributed by atoms with Gasteiger partial charge in [0, 0.05) is 23.7 Å². The molecular formula is C28H32O6S. The van der Waals surface area contributed by atoms with Crippen LogP contribution in [0.5, 0.6) is 0 Å². The van der Waals surface area contributed by atoms with Crippen molar-refractivity contribution >= 4 is 34.8 Å². The van der Waals surface area contributed by atoms with Gasteiger partial charge in [-0.1, -0.05) is 32.6 Å². The Morgan fingerprint density at radius 2 is 1.83 bits per heavy atom. The van der Waals surface area contributed by atoms with Crippen LogP contribution in [0.3, 0.4) is 0 Å². The molecule has 186 valence electrons. The predicted molar refractivity (Wildman–Crippen MR) is 131 cm³/mol. The monoisotopic (exact) mass is 496 g/mol. The third-order valence-corrected chi connectivity index (χ3v) is 10.2. The highest BCUT2D eigenvalue weighted by Crippen LogP contribution is 2.71. The molecule has 5 fully saturated rings. The van der Waals surface area contributed by atoms with Crippen molar-refractivity contribution in [2.24, 2.45) is 34.0 Å². The summed E-state index contributed by atoms with van der Waals surface area (Å²) >= 11 is 1.32. The minimum Gasteiger partial charge on any atom is -0.465 e. The second kappa shape index (κ2) is 8.26. The van der Waals surface area contributed by atoms with Crippen molar-refractivity contribution in [3.05, 3.63) is 46.7 Å². The van der Waals surface area contributed by atoms with E-state index < -0.39 is 16.2 Å². The Morgan fingerprint density at radius 3 is 2.51 bits per heavy atom. The van der Waals surface area contributed by atoms with E-state index in [1.54, 1.807) is 12.1 Å². The highest BCUT2D eigenvalue weighted by atomic mass is 32.1. The standard InChI is InChI=1S/C28H32O6S/c1-16-19-8-11-28(23(16)30)21(13-19)27(15-33-18(3)29)10-6-9-26(4,22(27)17(2)24(28)31)14-34-25(32)20-7-5-12-35-20/h5,7,12,19,21-22H,1-2,6,8-11,13-15H2,3-4H3/t19-,21?,22?,26+,27-,28?/m1/s1. The summed E-state index contributed by atoms with van der Waals surface area (Å²) in [6.07, 6.45) is 4.24. The lowest BCUT2D eigenvalue weighted by atomic mass is 9.35. The van der Waals surface area contributed by atoms with E-state index in [0.29, 0.717) is 28.9 Å². The molecule has 7 heteroatoms. The lowest BCUT2D eigenvalue weighted by Crippen LogP contribution is -2.69. The summed E-state index contributed by atoms with van der Waals surface area (Å²) in [6.45, 7) is 12.0. The zero-order chi connectivity index (χ0) is 25.2. The molecule has 0 amide bonds. The summed E-state index contributed by atoms with van der Waals surface area (Å²) in [4.78, 5) is 52.9. The van der Waals surface area contributed by atoms with Crippen molar-refractivity contribution in [2.75, 3.05) is 13.2 Å². The summed E-state index contributed by atoms with van der Waals surface area (Å²) in [6, 6.07) is 3.53. The summed E-state index contributed by atoms with van der Waals surface area (Å²) < 4.78 is 11.5. The smallest absolute Gasteiger partial charge is 0.348 e. The molecular weight excluding hydrogens is 464 g/mol. The molecule has 1 spiro atoms. The van der Waals surface area contributed by atoms with Gasteiger partial charge < -0.3 is 9.47 Å². The Bertz CT molecular complexity index is 1130. The third-order valence-electron chi connectivity index (χ3n) is 9.39. The Hall–Kier alpha value is -2.54. The number of ketones is 2. The Labute approximate surface area is 209 Å². The third kappa shape index (κ3) is 3.34. The molecule has 0 aromatic carbocycles. The van der Waals surface area contributed by atoms with Gasteiger partial charge in [0.1, 0.15) is 4.88 Å². The van der Waals surface area contributed by atoms with Gasteiger partial charge in [-0.2, -0.15) is 0 Å². The fourth-order valence-corrected chi connectivity index (χ4v) is 8.66. The van der Waals surface area contributed by atoms with Crippen molar-refractivity contribution in [2.45, 2.75) is 52.4 Å². The zero-order valence-corrected chi connectivity index (χ0v) is 21.2. The molecule has 1 heterocycles. The summed E-state index contributed by atoms with van der Waals surface area (Å²) in [7, 11) is 0. The first-order valence-electron chi connectivity index (χ1n) is 12.4. The van der Waals surface area contributed by atoms with Gasteiger partial charge in [-0.25, -0.2) is 4.79 Å². The first kappa shape index (κ1) is 24.2. The number of ether oxygens (including phenoxy) is 2. The van der Waals surface area contributed by atoms with E-state index in [2.05, 4.69) is 13.2 Å². The van der Waals surface area contributed by atoms with E-state index in [-0.39, 0.29) is 54.5 Å². The SMILES string of the molecule is C=C1C(=O)C23CC[C@H](CC2[C@]2(COC(C)=O)CCC[C@@](C)(COC(=O)c4cccs4)C12)C(=C)C3=O. The topological polar surface area (TPSA) is 86.7 Å². The number of hydrogen-bond donors (Lipinski definition) is 0. The molecule has 6 rings (SSSR count). The van der Waals surface area contributed by atoms with Crippen LogP contribution in [-0.2, 0) is 23.9 Å². The van der Waals surface area contributed by atoms with E-state index >= 15 is 0 Å². The molecule has 35 heavy (non-hydrogen) atoms. The number of fused-ring (bicyclic) bond motifs is 3. The van der Waals surface area contributed by atoms with Gasteiger partial charge in [-0.3, -0.25) is 14.4 Å². The Kier molecular flexibility index (Phi) is 5.70. The molecule has 5 saturated carbocycles. The van der Waals surface area contributed by atoms with Gasteiger partial charge in [0.05, 0.1) is 18.6 Å². The maximum atomic E-state index is 14.1. The molecule has 1 aromatic rings. The van der Waals surface area contributed by atoms with Crippen molar-refractivity contribution in [3.63, 3.8) is 0 Å². The highest BCUT2D eigenvalue weighted by molar-refractivity contribution is 7.11. The van der Waals surface area contributed by atoms with Crippen molar-refractivity contribution in [1.82, 2.24) is 0 Å². The van der Waals surface area contributed by atoms with Gasteiger partial charge in [0.2, 0.25) is 0 Å². The zero-order valence-electron chi connectivity index (χ0n) is 20.4. The lowest BCUT2D eigenvalue weighted by molar-refractivity contribution is -0.193. The molecule has 0 N–H and O–H groups in total. The fourth-order valence-electron chi connectivity index (χ4n) is 8.05. The molecule has 6 nitrogen and oxygen atoms in total. The number of thiophene rings is 1. The van der Waals surface area contributed by atoms with Crippen LogP contribution in [0.1, 0.15) is 62.0 Å². The molecule has 0 aliphatic heterocycles. The lowest BCUT2D eigenvalue weighted by Gasteiger charge is -2.67. The van der Waals surface area contributed by atoms with E-state index in [9.17, 15) is 19.2 Å². The summed E-state index contributed by atoms with van der Waals surface area (Å²) in [5.74, 6) is -1.66. The van der Waals surface area contributed by atoms with Crippen LogP contribution in [0.2, 0.25) is 0 Å². The number of allylic oxidation sites excluding steroid dienone is 2. The Morgan fingerprint density at radius 1 is 1.09 bits per heavy atom. The molecule has 0 radical (unpaired) electrons. The number of hydrogen-bond acceptors (Lipinski definition) is 7. The van der Waals surface area contributed by atoms with Crippen LogP contribution < -0.4 is 0 Å². The van der Waals surface area contributed by atoms with Crippen molar-refractivity contribution in [3.8, 4) is 0 Å². The fraction of sp³-hybridized carbons (Fsp3) is 0.571. The van der Waals surface area contributed by atoms with Gasteiger partial charge >= 0.3 is 11.9 Å². The van der Waals surface area contributed by atoms with Crippen LogP contribution in [0.4, 0.5) is 0 Å². The number of esters is 2. The number of Topliss-reactive ketones (excluding diaryl/α,β-unsaturated/α-hetero) is 2. The average molecular weight is 497 g/mol. The number of carbonyl (C=O) groups excluding carboxylic acids is 4. The normalized spacial score (nSPS) is 38.1. The first-order valence-corrected chi connectivity index (χ1v) is 13.3. The van der Waals surface area contributed by atoms with Crippen LogP contribution in [0, 0.1) is 34.0 Å². The molecule has 3 unspecified atom stereocenters. The van der Waals surface area contributed by atoms with Crippen molar-refractivity contribution < 1.29 is 28.7 Å². The van der Waals surface area contributed by atoms with Gasteiger partial charge in [-0.05, 0) is 66.5 Å². The number of rotatable bonds is 5. The van der Waals surface area contributed by atoms with Crippen LogP contribution >= 0.6 is 11.3 Å². The predicted octanol–water partition coefficient (Wildman–Crippen LogP) is 4.94. The van der Waals surface area contributed by atoms with Gasteiger partial charge in [-0.15, -0.1) is 11.3 Å². The van der Waals surface area contributed by atoms with Crippen LogP contribution in [0.15, 0.2) is 41.8 Å². The quantitative estimate of drug-likeness (QED) is 0.326. The summed E-state index contributed by atoms with van der Waals surface area (Å²) in [5.41, 5.74) is -1.39. The maximum Gasteiger partial charge on any atom is 0.348 e. The Balaban J connectivity index is 1.57. The van der Waals surface area contributed by atoms with Crippen LogP contribution in [-0.4, -0.2) is 36.7 Å². The minimum atomic E-state index is -1.16. The molecule has 5 aliphatic rings. The minimum absolute atomic E-state index is 0.0493.